The SMILES string of the molecule is Cc1nnc(C23CC(CN2C(=O)C2(F)CCN(C(C)(C)C)C2)C3)o1. The van der Waals surface area contributed by atoms with E-state index in [9.17, 15) is 4.79 Å². The Hall–Kier alpha value is -1.50. The van der Waals surface area contributed by atoms with E-state index in [1.54, 1.807) is 11.8 Å². The van der Waals surface area contributed by atoms with Gasteiger partial charge in [0.1, 0.15) is 5.54 Å². The van der Waals surface area contributed by atoms with Gasteiger partial charge in [0.25, 0.3) is 5.91 Å². The van der Waals surface area contributed by atoms with Crippen molar-refractivity contribution in [3.63, 3.8) is 0 Å². The molecular weight excluding hydrogens is 311 g/mol. The highest BCUT2D eigenvalue weighted by Gasteiger charge is 2.65. The molecule has 0 N–H and O–H groups in total. The van der Waals surface area contributed by atoms with Crippen LogP contribution in [0.5, 0.6) is 0 Å². The van der Waals surface area contributed by atoms with E-state index in [0.717, 1.165) is 12.8 Å². The van der Waals surface area contributed by atoms with Gasteiger partial charge >= 0.3 is 0 Å². The Morgan fingerprint density at radius 1 is 1.33 bits per heavy atom. The fourth-order valence-electron chi connectivity index (χ4n) is 4.49. The van der Waals surface area contributed by atoms with Gasteiger partial charge < -0.3 is 9.32 Å². The molecule has 1 atom stereocenters. The number of aromatic nitrogens is 2. The molecule has 0 radical (unpaired) electrons. The number of nitrogens with zero attached hydrogens (tertiary/aromatic N) is 4. The average molecular weight is 336 g/mol. The second-order valence-electron chi connectivity index (χ2n) is 8.66. The summed E-state index contributed by atoms with van der Waals surface area (Å²) >= 11 is 0. The number of carbonyl (C=O) groups is 1. The maximum atomic E-state index is 15.5. The topological polar surface area (TPSA) is 62.5 Å². The van der Waals surface area contributed by atoms with Crippen molar-refractivity contribution in [2.24, 2.45) is 5.92 Å². The molecule has 5 rings (SSSR count). The third kappa shape index (κ3) is 2.13. The van der Waals surface area contributed by atoms with Crippen LogP contribution in [-0.4, -0.2) is 56.7 Å². The van der Waals surface area contributed by atoms with Crippen LogP contribution in [0.3, 0.4) is 0 Å². The molecule has 24 heavy (non-hydrogen) atoms. The number of rotatable bonds is 2. The average Bonchev–Trinajstić information content (AvgIpc) is 3.16. The van der Waals surface area contributed by atoms with Crippen molar-refractivity contribution in [3.05, 3.63) is 11.8 Å². The van der Waals surface area contributed by atoms with Crippen LogP contribution in [0.25, 0.3) is 0 Å². The number of halogens is 1. The molecule has 0 spiro atoms. The van der Waals surface area contributed by atoms with Crippen LogP contribution in [0.1, 0.15) is 51.8 Å². The van der Waals surface area contributed by atoms with Crippen LogP contribution in [0.15, 0.2) is 4.42 Å². The van der Waals surface area contributed by atoms with Gasteiger partial charge in [0.15, 0.2) is 0 Å². The number of fused-ring (bicyclic) bond motifs is 1. The maximum absolute atomic E-state index is 15.5. The zero-order valence-electron chi connectivity index (χ0n) is 14.8. The number of amides is 1. The van der Waals surface area contributed by atoms with E-state index in [2.05, 4.69) is 35.9 Å². The van der Waals surface area contributed by atoms with Gasteiger partial charge in [0.05, 0.1) is 0 Å². The number of hydrogen-bond acceptors (Lipinski definition) is 5. The van der Waals surface area contributed by atoms with Gasteiger partial charge in [-0.1, -0.05) is 0 Å². The van der Waals surface area contributed by atoms with Crippen LogP contribution >= 0.6 is 0 Å². The first-order chi connectivity index (χ1) is 11.1. The molecule has 1 aliphatic carbocycles. The number of likely N-dealkylation sites (tertiary alicyclic amines) is 1. The van der Waals surface area contributed by atoms with E-state index in [1.807, 2.05) is 0 Å². The lowest BCUT2D eigenvalue weighted by Gasteiger charge is -2.40. The lowest BCUT2D eigenvalue weighted by Crippen LogP contribution is -2.54. The van der Waals surface area contributed by atoms with E-state index in [1.165, 1.54) is 0 Å². The molecule has 1 amide bonds. The molecule has 4 heterocycles. The summed E-state index contributed by atoms with van der Waals surface area (Å²) < 4.78 is 21.1. The Balaban J connectivity index is 1.59. The van der Waals surface area contributed by atoms with Gasteiger partial charge in [-0.2, -0.15) is 0 Å². The molecule has 3 aliphatic heterocycles. The van der Waals surface area contributed by atoms with Crippen LogP contribution in [0.4, 0.5) is 4.39 Å². The maximum Gasteiger partial charge on any atom is 0.262 e. The minimum atomic E-state index is -1.81. The van der Waals surface area contributed by atoms with Crippen molar-refractivity contribution in [2.75, 3.05) is 19.6 Å². The highest BCUT2D eigenvalue weighted by atomic mass is 19.1. The van der Waals surface area contributed by atoms with Gasteiger partial charge in [0.2, 0.25) is 17.5 Å². The first-order valence-electron chi connectivity index (χ1n) is 8.71. The first kappa shape index (κ1) is 16.0. The van der Waals surface area contributed by atoms with Crippen molar-refractivity contribution in [1.82, 2.24) is 20.0 Å². The second kappa shape index (κ2) is 4.77. The highest BCUT2D eigenvalue weighted by molar-refractivity contribution is 5.87. The molecule has 3 saturated heterocycles. The van der Waals surface area contributed by atoms with Gasteiger partial charge in [-0.15, -0.1) is 10.2 Å². The van der Waals surface area contributed by atoms with Gasteiger partial charge in [-0.25, -0.2) is 4.39 Å². The second-order valence-corrected chi connectivity index (χ2v) is 8.66. The predicted molar refractivity (Wildman–Crippen MR) is 84.9 cm³/mol. The molecule has 1 saturated carbocycles. The Kier molecular flexibility index (Phi) is 3.18. The minimum Gasteiger partial charge on any atom is -0.423 e. The Labute approximate surface area is 141 Å². The largest absolute Gasteiger partial charge is 0.423 e. The molecule has 1 unspecified atom stereocenters. The van der Waals surface area contributed by atoms with Crippen LogP contribution in [0, 0.1) is 12.8 Å². The molecule has 2 bridgehead atoms. The number of carbonyl (C=O) groups excluding carboxylic acids is 1. The lowest BCUT2D eigenvalue weighted by molar-refractivity contribution is -0.148. The quantitative estimate of drug-likeness (QED) is 0.827. The van der Waals surface area contributed by atoms with Crippen molar-refractivity contribution in [1.29, 1.82) is 0 Å². The third-order valence-electron chi connectivity index (χ3n) is 5.93. The van der Waals surface area contributed by atoms with E-state index in [-0.39, 0.29) is 18.5 Å². The van der Waals surface area contributed by atoms with Crippen molar-refractivity contribution in [3.8, 4) is 0 Å². The molecule has 4 fully saturated rings. The monoisotopic (exact) mass is 336 g/mol. The fraction of sp³-hybridized carbons (Fsp3) is 0.824. The van der Waals surface area contributed by atoms with Crippen LogP contribution < -0.4 is 0 Å². The van der Waals surface area contributed by atoms with Gasteiger partial charge in [-0.3, -0.25) is 9.69 Å². The molecule has 0 aromatic carbocycles. The summed E-state index contributed by atoms with van der Waals surface area (Å²) in [5.74, 6) is 0.975. The van der Waals surface area contributed by atoms with E-state index in [0.29, 0.717) is 30.8 Å². The summed E-state index contributed by atoms with van der Waals surface area (Å²) in [7, 11) is 0. The van der Waals surface area contributed by atoms with E-state index in [4.69, 9.17) is 4.42 Å². The molecule has 4 aliphatic rings. The summed E-state index contributed by atoms with van der Waals surface area (Å²) in [6.45, 7) is 9.27. The summed E-state index contributed by atoms with van der Waals surface area (Å²) in [5.41, 5.74) is -2.52. The summed E-state index contributed by atoms with van der Waals surface area (Å²) in [4.78, 5) is 16.8. The van der Waals surface area contributed by atoms with Crippen molar-refractivity contribution < 1.29 is 13.6 Å². The van der Waals surface area contributed by atoms with Crippen LogP contribution in [0.2, 0.25) is 0 Å². The molecule has 132 valence electrons. The molecule has 1 aromatic heterocycles. The summed E-state index contributed by atoms with van der Waals surface area (Å²) in [6.07, 6.45) is 1.86. The fourth-order valence-corrected chi connectivity index (χ4v) is 4.49. The van der Waals surface area contributed by atoms with Crippen molar-refractivity contribution in [2.45, 2.75) is 63.7 Å². The molecule has 7 heteroatoms. The number of aryl methyl sites for hydroxylation is 1. The lowest BCUT2D eigenvalue weighted by atomic mass is 9.73. The standard InChI is InChI=1S/C17H25FN4O2/c1-11-19-20-13(24-11)17-7-12(8-17)9-22(17)14(23)16(18)5-6-21(10-16)15(2,3)4/h12H,5-10H2,1-4H3. The Bertz CT molecular complexity index is 676. The highest BCUT2D eigenvalue weighted by Crippen LogP contribution is 2.57. The Morgan fingerprint density at radius 3 is 2.58 bits per heavy atom. The zero-order valence-corrected chi connectivity index (χ0v) is 14.8. The molecule has 1 aromatic rings. The third-order valence-corrected chi connectivity index (χ3v) is 5.93. The number of hydrogen-bond donors (Lipinski definition) is 0. The van der Waals surface area contributed by atoms with Crippen molar-refractivity contribution >= 4 is 5.91 Å². The van der Waals surface area contributed by atoms with Crippen LogP contribution in [-0.2, 0) is 10.3 Å². The summed E-state index contributed by atoms with van der Waals surface area (Å²) in [5, 5.41) is 8.03. The van der Waals surface area contributed by atoms with E-state index < -0.39 is 17.1 Å². The zero-order chi connectivity index (χ0) is 17.3. The van der Waals surface area contributed by atoms with E-state index >= 15 is 4.39 Å². The smallest absolute Gasteiger partial charge is 0.262 e. The predicted octanol–water partition coefficient (Wildman–Crippen LogP) is 2.04. The summed E-state index contributed by atoms with van der Waals surface area (Å²) in [6, 6.07) is 0. The first-order valence-corrected chi connectivity index (χ1v) is 8.71. The minimum absolute atomic E-state index is 0.136. The Morgan fingerprint density at radius 2 is 2.04 bits per heavy atom. The van der Waals surface area contributed by atoms with Gasteiger partial charge in [0, 0.05) is 38.5 Å². The number of alkyl halides is 1. The molecular formula is C17H25FN4O2. The normalized spacial score (nSPS) is 36.2. The molecule has 6 nitrogen and oxygen atoms in total. The van der Waals surface area contributed by atoms with Gasteiger partial charge in [-0.05, 0) is 39.5 Å².